The third-order valence-corrected chi connectivity index (χ3v) is 12.4. The van der Waals surface area contributed by atoms with Crippen molar-refractivity contribution in [2.24, 2.45) is 5.73 Å². The highest BCUT2D eigenvalue weighted by molar-refractivity contribution is 6.13. The number of unbranched alkanes of at least 4 members (excludes halogenated alkanes) is 8. The van der Waals surface area contributed by atoms with E-state index in [9.17, 15) is 19.2 Å². The summed E-state index contributed by atoms with van der Waals surface area (Å²) in [6.45, 7) is 9.35. The lowest BCUT2D eigenvalue weighted by Gasteiger charge is -2.13. The van der Waals surface area contributed by atoms with Crippen LogP contribution >= 0.6 is 0 Å². The summed E-state index contributed by atoms with van der Waals surface area (Å²) >= 11 is 0. The Morgan fingerprint density at radius 2 is 0.972 bits per heavy atom. The summed E-state index contributed by atoms with van der Waals surface area (Å²) < 4.78 is 21.8. The predicted molar refractivity (Wildman–Crippen MR) is 287 cm³/mol. The number of hydrogen-bond acceptors (Lipinski definition) is 13. The molecule has 16 heteroatoms. The number of ether oxygens (including phenoxy) is 4. The molecule has 3 heterocycles. The van der Waals surface area contributed by atoms with Gasteiger partial charge in [-0.3, -0.25) is 24.1 Å². The van der Waals surface area contributed by atoms with Crippen molar-refractivity contribution < 1.29 is 38.1 Å². The number of carbonyl (C=O) groups excluding carboxylic acids is 4. The second-order valence-corrected chi connectivity index (χ2v) is 18.2. The van der Waals surface area contributed by atoms with E-state index in [2.05, 4.69) is 70.8 Å². The van der Waals surface area contributed by atoms with Crippen molar-refractivity contribution in [3.05, 3.63) is 82.9 Å². The van der Waals surface area contributed by atoms with Crippen LogP contribution in [-0.2, 0) is 63.8 Å². The number of pyridine rings is 2. The van der Waals surface area contributed by atoms with Gasteiger partial charge in [0.2, 0.25) is 11.8 Å². The lowest BCUT2D eigenvalue weighted by atomic mass is 9.99. The minimum atomic E-state index is -0.398. The number of imide groups is 1. The Hall–Kier alpha value is -5.52. The molecular weight excluding hydrogens is 913 g/mol. The maximum absolute atomic E-state index is 12.1. The Kier molecular flexibility index (Phi) is 29.2. The minimum absolute atomic E-state index is 0.0112. The van der Waals surface area contributed by atoms with Crippen molar-refractivity contribution in [1.82, 2.24) is 25.5 Å². The average Bonchev–Trinajstić information content (AvgIpc) is 3.70. The molecule has 0 radical (unpaired) electrons. The van der Waals surface area contributed by atoms with Crippen LogP contribution < -0.4 is 27.8 Å². The van der Waals surface area contributed by atoms with Crippen LogP contribution in [0.1, 0.15) is 126 Å². The summed E-state index contributed by atoms with van der Waals surface area (Å²) in [5, 5.41) is 8.13. The van der Waals surface area contributed by atoms with Crippen LogP contribution in [0.5, 0.6) is 0 Å². The van der Waals surface area contributed by atoms with E-state index in [0.717, 1.165) is 85.8 Å². The van der Waals surface area contributed by atoms with Gasteiger partial charge < -0.3 is 46.8 Å². The van der Waals surface area contributed by atoms with Crippen LogP contribution in [0.2, 0.25) is 0 Å². The topological polar surface area (TPSA) is 236 Å². The number of nitrogens with zero attached hydrogens (tertiary/aromatic N) is 3. The van der Waals surface area contributed by atoms with Crippen LogP contribution in [0, 0.1) is 0 Å². The van der Waals surface area contributed by atoms with Crippen molar-refractivity contribution in [2.75, 3.05) is 90.5 Å². The first-order valence-electron chi connectivity index (χ1n) is 26.6. The fraction of sp³-hybridized carbons (Fsp3) is 0.571. The smallest absolute Gasteiger partial charge is 0.253 e. The van der Waals surface area contributed by atoms with Crippen LogP contribution in [0.3, 0.4) is 0 Å². The number of nitrogen functional groups attached to an aromatic ring is 2. The molecule has 8 N–H and O–H groups in total. The Morgan fingerprint density at radius 1 is 0.528 bits per heavy atom. The summed E-state index contributed by atoms with van der Waals surface area (Å²) in [5.74, 6) is 0.279. The highest BCUT2D eigenvalue weighted by Gasteiger charge is 2.23. The number of nitrogens with one attached hydrogen (secondary N) is 2. The third-order valence-electron chi connectivity index (χ3n) is 12.4. The normalized spacial score (nSPS) is 12.2. The number of rotatable bonds is 37. The Morgan fingerprint density at radius 3 is 1.49 bits per heavy atom. The van der Waals surface area contributed by atoms with Gasteiger partial charge in [-0.05, 0) is 117 Å². The molecule has 0 bridgehead atoms. The number of carbonyl (C=O) groups is 4. The van der Waals surface area contributed by atoms with Gasteiger partial charge in [-0.25, -0.2) is 9.97 Å². The van der Waals surface area contributed by atoms with E-state index in [1.54, 1.807) is 0 Å². The Bertz CT molecular complexity index is 2260. The monoisotopic (exact) mass is 997 g/mol. The van der Waals surface area contributed by atoms with Crippen molar-refractivity contribution in [1.29, 1.82) is 0 Å². The van der Waals surface area contributed by atoms with Gasteiger partial charge in [0.1, 0.15) is 11.6 Å². The number of amides is 4. The molecular formula is C56H84N8O8. The molecule has 0 atom stereocenters. The molecule has 2 aromatic heterocycles. The molecule has 4 amide bonds. The fourth-order valence-corrected chi connectivity index (χ4v) is 8.31. The molecule has 0 fully saturated rings. The minimum Gasteiger partial charge on any atom is -0.383 e. The second-order valence-electron chi connectivity index (χ2n) is 18.2. The zero-order valence-electron chi connectivity index (χ0n) is 43.3. The highest BCUT2D eigenvalue weighted by Crippen LogP contribution is 2.26. The molecule has 0 saturated carbocycles. The molecule has 16 nitrogen and oxygen atoms in total. The molecule has 396 valence electrons. The summed E-state index contributed by atoms with van der Waals surface area (Å²) in [6, 6.07) is 17.1. The van der Waals surface area contributed by atoms with Crippen molar-refractivity contribution >= 4 is 57.1 Å². The first-order chi connectivity index (χ1) is 35.1. The van der Waals surface area contributed by atoms with E-state index >= 15 is 0 Å². The van der Waals surface area contributed by atoms with Gasteiger partial charge >= 0.3 is 0 Å². The summed E-state index contributed by atoms with van der Waals surface area (Å²) in [6.07, 6.45) is 20.5. The first kappa shape index (κ1) is 59.0. The quantitative estimate of drug-likeness (QED) is 0.0218. The maximum Gasteiger partial charge on any atom is 0.253 e. The molecule has 0 unspecified atom stereocenters. The molecule has 4 aromatic rings. The van der Waals surface area contributed by atoms with E-state index < -0.39 is 11.8 Å². The standard InChI is InChI=1S/C37H55N5O8.C19H29N3/c1-2-3-5-10-30-28-31-29(11-8-12-32(31)41-37(30)38)9-6-4-7-17-39-34(44)16-20-47-22-24-49-26-27-50-25-23-48-21-18-40-33(43)15-19-42-35(45)13-14-36(42)46;1-2-3-5-10-16-14-17-15(9-6-4-7-13-20)11-8-12-18(17)22-19(16)21/h8,11-14,28H,2-7,9-10,15-27H2,1H3,(H2,38,41)(H,39,44)(H,40,43);8,11-12,14H,2-7,9-10,13,20H2,1H3,(H2,21,22). The lowest BCUT2D eigenvalue weighted by Crippen LogP contribution is -2.35. The predicted octanol–water partition coefficient (Wildman–Crippen LogP) is 7.49. The van der Waals surface area contributed by atoms with Crippen molar-refractivity contribution in [3.63, 3.8) is 0 Å². The number of nitrogens with two attached hydrogens (primary N) is 3. The lowest BCUT2D eigenvalue weighted by molar-refractivity contribution is -0.137. The molecule has 1 aliphatic heterocycles. The number of aromatic nitrogens is 2. The number of aryl methyl sites for hydroxylation is 4. The molecule has 1 aliphatic rings. The molecule has 5 rings (SSSR count). The average molecular weight is 997 g/mol. The van der Waals surface area contributed by atoms with Crippen molar-refractivity contribution in [2.45, 2.75) is 129 Å². The SMILES string of the molecule is CCCCCc1cc2c(CCCCCN)cccc2nc1N.CCCCCc1cc2c(CCCCCNC(=O)CCOCCOCCOCCOCCNC(=O)CCN3C(=O)C=CC3=O)cccc2nc1N. The van der Waals surface area contributed by atoms with E-state index in [-0.39, 0.29) is 24.8 Å². The van der Waals surface area contributed by atoms with Crippen LogP contribution in [0.25, 0.3) is 21.8 Å². The Balaban J connectivity index is 0.000000424. The van der Waals surface area contributed by atoms with E-state index in [0.29, 0.717) is 84.0 Å². The Labute approximate surface area is 427 Å². The molecule has 0 aliphatic carbocycles. The van der Waals surface area contributed by atoms with Gasteiger partial charge in [-0.1, -0.05) is 76.6 Å². The third kappa shape index (κ3) is 22.5. The second kappa shape index (κ2) is 35.6. The van der Waals surface area contributed by atoms with Crippen LogP contribution in [0.15, 0.2) is 60.7 Å². The van der Waals surface area contributed by atoms with E-state index in [1.165, 1.54) is 84.6 Å². The number of anilines is 2. The van der Waals surface area contributed by atoms with Crippen molar-refractivity contribution in [3.8, 4) is 0 Å². The summed E-state index contributed by atoms with van der Waals surface area (Å²) in [4.78, 5) is 57.2. The number of fused-ring (bicyclic) bond motifs is 2. The molecule has 0 spiro atoms. The van der Waals surface area contributed by atoms with Gasteiger partial charge in [0.15, 0.2) is 0 Å². The molecule has 72 heavy (non-hydrogen) atoms. The molecule has 0 saturated heterocycles. The van der Waals surface area contributed by atoms with Crippen LogP contribution in [-0.4, -0.2) is 118 Å². The highest BCUT2D eigenvalue weighted by atomic mass is 16.6. The van der Waals surface area contributed by atoms with Crippen LogP contribution in [0.4, 0.5) is 11.6 Å². The van der Waals surface area contributed by atoms with Gasteiger partial charge in [0, 0.05) is 55.4 Å². The summed E-state index contributed by atoms with van der Waals surface area (Å²) in [5.41, 5.74) is 24.9. The van der Waals surface area contributed by atoms with Gasteiger partial charge in [0.05, 0.1) is 63.9 Å². The fourth-order valence-electron chi connectivity index (χ4n) is 8.31. The van der Waals surface area contributed by atoms with E-state index in [4.69, 9.17) is 36.1 Å². The molecule has 2 aromatic carbocycles. The van der Waals surface area contributed by atoms with E-state index in [1.807, 2.05) is 12.1 Å². The first-order valence-corrected chi connectivity index (χ1v) is 26.6. The zero-order chi connectivity index (χ0) is 51.6. The number of hydrogen-bond donors (Lipinski definition) is 5. The zero-order valence-corrected chi connectivity index (χ0v) is 43.3. The maximum atomic E-state index is 12.1. The summed E-state index contributed by atoms with van der Waals surface area (Å²) in [7, 11) is 0. The number of benzene rings is 2. The van der Waals surface area contributed by atoms with Gasteiger partial charge in [-0.2, -0.15) is 0 Å². The van der Waals surface area contributed by atoms with Gasteiger partial charge in [-0.15, -0.1) is 0 Å². The largest absolute Gasteiger partial charge is 0.383 e. The van der Waals surface area contributed by atoms with Gasteiger partial charge in [0.25, 0.3) is 11.8 Å².